The van der Waals surface area contributed by atoms with E-state index in [1.807, 2.05) is 67.8 Å². The van der Waals surface area contributed by atoms with Gasteiger partial charge in [0, 0.05) is 31.7 Å². The Bertz CT molecular complexity index is 1370. The van der Waals surface area contributed by atoms with Gasteiger partial charge < -0.3 is 35.7 Å². The normalized spacial score (nSPS) is 12.0. The van der Waals surface area contributed by atoms with Crippen molar-refractivity contribution in [3.05, 3.63) is 40.5 Å². The third kappa shape index (κ3) is 12.3. The highest BCUT2D eigenvalue weighted by molar-refractivity contribution is 14.1. The number of nitrogens with zero attached hydrogens (tertiary/aromatic N) is 3. The van der Waals surface area contributed by atoms with E-state index < -0.39 is 62.1 Å². The number of halogens is 3. The van der Waals surface area contributed by atoms with E-state index in [2.05, 4.69) is 0 Å². The topological polar surface area (TPSA) is 237 Å². The van der Waals surface area contributed by atoms with Crippen LogP contribution in [0.2, 0.25) is 0 Å². The van der Waals surface area contributed by atoms with Gasteiger partial charge in [-0.25, -0.2) is 0 Å². The number of hydrogen-bond acceptors (Lipinski definition) is 10. The van der Waals surface area contributed by atoms with Gasteiger partial charge in [0.2, 0.25) is 0 Å². The zero-order chi connectivity index (χ0) is 34.0. The molecule has 0 fully saturated rings. The molecule has 246 valence electrons. The Kier molecular flexibility index (Phi) is 15.4. The Hall–Kier alpha value is -2.54. The van der Waals surface area contributed by atoms with Crippen molar-refractivity contribution in [1.29, 1.82) is 0 Å². The van der Waals surface area contributed by atoms with E-state index in [0.29, 0.717) is 27.4 Å². The molecule has 0 bridgehead atoms. The minimum Gasteiger partial charge on any atom is -0.507 e. The van der Waals surface area contributed by atoms with E-state index >= 15 is 0 Å². The number of hydrogen-bond donors (Lipinski definition) is 7. The quantitative estimate of drug-likeness (QED) is 0.0996. The number of rotatable bonds is 19. The third-order valence-electron chi connectivity index (χ3n) is 6.49. The third-order valence-corrected chi connectivity index (χ3v) is 9.23. The van der Waals surface area contributed by atoms with Gasteiger partial charge in [-0.3, -0.25) is 38.7 Å². The van der Waals surface area contributed by atoms with Gasteiger partial charge in [-0.2, -0.15) is 0 Å². The molecule has 0 aliphatic rings. The van der Waals surface area contributed by atoms with Crippen LogP contribution in [-0.2, 0) is 30.4 Å². The van der Waals surface area contributed by atoms with Crippen molar-refractivity contribution in [2.24, 2.45) is 0 Å². The summed E-state index contributed by atoms with van der Waals surface area (Å²) in [6.45, 7) is -3.25. The first kappa shape index (κ1) is 38.6. The predicted octanol–water partition coefficient (Wildman–Crippen LogP) is 1.82. The molecule has 0 aliphatic heterocycles. The van der Waals surface area contributed by atoms with Crippen molar-refractivity contribution in [2.45, 2.75) is 12.5 Å². The molecule has 0 amide bonds. The Labute approximate surface area is 297 Å². The van der Waals surface area contributed by atoms with Crippen LogP contribution in [0.5, 0.6) is 11.5 Å². The van der Waals surface area contributed by atoms with Gasteiger partial charge in [0.25, 0.3) is 0 Å². The number of aliphatic carboxylic acids is 5. The van der Waals surface area contributed by atoms with Gasteiger partial charge in [-0.05, 0) is 104 Å². The molecule has 7 N–H and O–H groups in total. The van der Waals surface area contributed by atoms with Crippen molar-refractivity contribution < 1.29 is 59.7 Å². The molecule has 1 atom stereocenters. The molecule has 0 unspecified atom stereocenters. The molecule has 0 saturated heterocycles. The van der Waals surface area contributed by atoms with Crippen LogP contribution in [0.25, 0.3) is 11.1 Å². The molecule has 15 nitrogen and oxygen atoms in total. The Balaban J connectivity index is 2.59. The Morgan fingerprint density at radius 1 is 0.667 bits per heavy atom. The lowest BCUT2D eigenvalue weighted by Crippen LogP contribution is -2.50. The molecule has 45 heavy (non-hydrogen) atoms. The summed E-state index contributed by atoms with van der Waals surface area (Å²) >= 11 is 5.78. The number of phenols is 2. The van der Waals surface area contributed by atoms with Gasteiger partial charge in [-0.15, -0.1) is 0 Å². The Morgan fingerprint density at radius 3 is 1.53 bits per heavy atom. The van der Waals surface area contributed by atoms with Crippen molar-refractivity contribution in [2.75, 3.05) is 52.4 Å². The molecule has 2 aromatic rings. The van der Waals surface area contributed by atoms with Crippen LogP contribution < -0.4 is 0 Å². The number of phenolic OH excluding ortho intramolecular Hbond substituents is 2. The maximum Gasteiger partial charge on any atom is 0.321 e. The smallest absolute Gasteiger partial charge is 0.321 e. The van der Waals surface area contributed by atoms with E-state index in [1.54, 1.807) is 18.2 Å². The minimum atomic E-state index is -1.33. The van der Waals surface area contributed by atoms with Crippen LogP contribution in [0.1, 0.15) is 5.56 Å². The first-order valence-electron chi connectivity index (χ1n) is 13.0. The van der Waals surface area contributed by atoms with Gasteiger partial charge in [0.1, 0.15) is 17.5 Å². The lowest BCUT2D eigenvalue weighted by Gasteiger charge is -2.33. The molecule has 2 aromatic carbocycles. The summed E-state index contributed by atoms with van der Waals surface area (Å²) in [6.07, 6.45) is -0.163. The van der Waals surface area contributed by atoms with E-state index in [1.165, 1.54) is 11.0 Å². The Morgan fingerprint density at radius 2 is 1.13 bits per heavy atom. The molecule has 0 aliphatic carbocycles. The van der Waals surface area contributed by atoms with Gasteiger partial charge >= 0.3 is 29.8 Å². The van der Waals surface area contributed by atoms with E-state index in [9.17, 15) is 59.7 Å². The van der Waals surface area contributed by atoms with Crippen LogP contribution in [0.3, 0.4) is 0 Å². The molecule has 2 rings (SSSR count). The van der Waals surface area contributed by atoms with Gasteiger partial charge in [-0.1, -0.05) is 6.07 Å². The van der Waals surface area contributed by atoms with Crippen LogP contribution in [0.4, 0.5) is 0 Å². The lowest BCUT2D eigenvalue weighted by atomic mass is 9.94. The van der Waals surface area contributed by atoms with Crippen LogP contribution in [0.15, 0.2) is 24.3 Å². The second kappa shape index (κ2) is 18.0. The monoisotopic (exact) mass is 969 g/mol. The first-order valence-corrected chi connectivity index (χ1v) is 16.2. The summed E-state index contributed by atoms with van der Waals surface area (Å²) in [5.74, 6) is -6.50. The standard InChI is InChI=1S/C27H30I3N3O12/c28-16-7-14(1-2-19(16)34)24-15(8-17(29)26(43)25(24)30)9-18(27(44)45)33(5-3-31(10-20(35)36)11-21(37)38)6-4-32(12-22(39)40)13-23(41)42/h1-2,7-8,18,34,43H,3-6,9-13H2,(H,35,36)(H,37,38)(H,39,40)(H,41,42)(H,44,45)/t18-/m0/s1. The van der Waals surface area contributed by atoms with Gasteiger partial charge in [0.15, 0.2) is 0 Å². The largest absolute Gasteiger partial charge is 0.507 e. The average Bonchev–Trinajstić information content (AvgIpc) is 2.91. The highest BCUT2D eigenvalue weighted by atomic mass is 127. The molecule has 0 radical (unpaired) electrons. The highest BCUT2D eigenvalue weighted by Crippen LogP contribution is 2.40. The first-order chi connectivity index (χ1) is 21.0. The molecular weight excluding hydrogens is 939 g/mol. The van der Waals surface area contributed by atoms with Crippen molar-refractivity contribution >= 4 is 97.6 Å². The second-order valence-corrected chi connectivity index (χ2v) is 13.2. The zero-order valence-corrected chi connectivity index (χ0v) is 29.9. The van der Waals surface area contributed by atoms with E-state index in [4.69, 9.17) is 0 Å². The number of benzene rings is 2. The van der Waals surface area contributed by atoms with Crippen molar-refractivity contribution in [3.63, 3.8) is 0 Å². The maximum atomic E-state index is 12.8. The fourth-order valence-electron chi connectivity index (χ4n) is 4.53. The molecule has 0 aromatic heterocycles. The van der Waals surface area contributed by atoms with Crippen LogP contribution >= 0.6 is 67.8 Å². The molecule has 0 saturated carbocycles. The summed E-state index contributed by atoms with van der Waals surface area (Å²) < 4.78 is 1.37. The van der Waals surface area contributed by atoms with Gasteiger partial charge in [0.05, 0.1) is 36.9 Å². The number of carboxylic acids is 5. The number of aromatic hydroxyl groups is 2. The number of carboxylic acid groups (broad SMARTS) is 5. The summed E-state index contributed by atoms with van der Waals surface area (Å²) in [4.78, 5) is 61.8. The summed E-state index contributed by atoms with van der Waals surface area (Å²) in [5, 5.41) is 68.2. The van der Waals surface area contributed by atoms with Crippen molar-refractivity contribution in [1.82, 2.24) is 14.7 Å². The fraction of sp³-hybridized carbons (Fsp3) is 0.370. The zero-order valence-electron chi connectivity index (χ0n) is 23.4. The second-order valence-electron chi connectivity index (χ2n) is 9.81. The van der Waals surface area contributed by atoms with E-state index in [0.717, 1.165) is 9.80 Å². The van der Waals surface area contributed by atoms with Crippen molar-refractivity contribution in [3.8, 4) is 22.6 Å². The number of carbonyl (C=O) groups is 5. The summed E-state index contributed by atoms with van der Waals surface area (Å²) in [5.41, 5.74) is 1.60. The molecule has 0 spiro atoms. The fourth-order valence-corrected chi connectivity index (χ4v) is 7.16. The van der Waals surface area contributed by atoms with Crippen LogP contribution in [0, 0.1) is 10.7 Å². The lowest BCUT2D eigenvalue weighted by molar-refractivity contribution is -0.146. The summed E-state index contributed by atoms with van der Waals surface area (Å²) in [6, 6.07) is 5.03. The highest BCUT2D eigenvalue weighted by Gasteiger charge is 2.30. The average molecular weight is 969 g/mol. The predicted molar refractivity (Wildman–Crippen MR) is 183 cm³/mol. The molecule has 18 heteroatoms. The molecule has 0 heterocycles. The van der Waals surface area contributed by atoms with Crippen LogP contribution in [-0.4, -0.2) is 139 Å². The molecular formula is C27H30I3N3O12. The SMILES string of the molecule is O=C(O)CN(CCN(CCN(CC(=O)O)CC(=O)O)[C@@H](Cc1cc(I)c(O)c(I)c1-c1ccc(O)c(I)c1)C(=O)O)CC(=O)O. The minimum absolute atomic E-state index is 0.0276. The van der Waals surface area contributed by atoms with E-state index in [-0.39, 0.29) is 44.1 Å². The maximum absolute atomic E-state index is 12.8. The summed E-state index contributed by atoms with van der Waals surface area (Å²) in [7, 11) is 0.